The molecule has 6 heteroatoms. The molecule has 1 aliphatic rings. The zero-order valence-electron chi connectivity index (χ0n) is 13.8. The molecule has 6 nitrogen and oxygen atoms in total. The molecular weight excluding hydrogens is 276 g/mol. The van der Waals surface area contributed by atoms with Crippen LogP contribution in [-0.4, -0.2) is 51.9 Å². The van der Waals surface area contributed by atoms with E-state index in [1.54, 1.807) is 0 Å². The maximum Gasteiger partial charge on any atom is 0.228 e. The number of hydrogen-bond donors (Lipinski definition) is 0. The number of benzene rings is 1. The van der Waals surface area contributed by atoms with E-state index in [-0.39, 0.29) is 0 Å². The Kier molecular flexibility index (Phi) is 3.52. The van der Waals surface area contributed by atoms with Gasteiger partial charge in [-0.2, -0.15) is 9.97 Å². The van der Waals surface area contributed by atoms with Crippen molar-refractivity contribution in [1.82, 2.24) is 9.97 Å². The van der Waals surface area contributed by atoms with Crippen LogP contribution in [0.3, 0.4) is 0 Å². The van der Waals surface area contributed by atoms with Gasteiger partial charge in [-0.05, 0) is 12.1 Å². The molecule has 3 rings (SSSR count). The van der Waals surface area contributed by atoms with E-state index < -0.39 is 0 Å². The van der Waals surface area contributed by atoms with Crippen LogP contribution in [0.5, 0.6) is 0 Å². The van der Waals surface area contributed by atoms with Gasteiger partial charge in [-0.25, -0.2) is 0 Å². The summed E-state index contributed by atoms with van der Waals surface area (Å²) < 4.78 is 0. The van der Waals surface area contributed by atoms with Crippen LogP contribution in [0.15, 0.2) is 30.3 Å². The van der Waals surface area contributed by atoms with E-state index in [1.807, 2.05) is 44.2 Å². The molecule has 0 atom stereocenters. The predicted molar refractivity (Wildman–Crippen MR) is 92.5 cm³/mol. The molecule has 0 saturated heterocycles. The van der Waals surface area contributed by atoms with Crippen molar-refractivity contribution < 1.29 is 0 Å². The standard InChI is InChI=1S/C16H22N6/c1-19(2)16-17-14-13(20(3)11-21(14)4)15(18-16)22(5)12-9-7-6-8-10-12/h6-10H,11H2,1-5H3. The summed E-state index contributed by atoms with van der Waals surface area (Å²) >= 11 is 0. The summed E-state index contributed by atoms with van der Waals surface area (Å²) in [5.41, 5.74) is 2.18. The van der Waals surface area contributed by atoms with Gasteiger partial charge in [-0.3, -0.25) is 0 Å². The fourth-order valence-corrected chi connectivity index (χ4v) is 2.69. The van der Waals surface area contributed by atoms with Crippen LogP contribution < -0.4 is 19.6 Å². The third kappa shape index (κ3) is 2.30. The largest absolute Gasteiger partial charge is 0.351 e. The Labute approximate surface area is 131 Å². The Hall–Kier alpha value is -2.50. The Morgan fingerprint density at radius 3 is 2.27 bits per heavy atom. The highest BCUT2D eigenvalue weighted by molar-refractivity contribution is 5.86. The van der Waals surface area contributed by atoms with Gasteiger partial charge in [0.1, 0.15) is 5.69 Å². The highest BCUT2D eigenvalue weighted by atomic mass is 15.4. The minimum absolute atomic E-state index is 0.721. The SMILES string of the molecule is CN(C)c1nc2c(c(N(C)c3ccccc3)n1)N(C)CN2C. The van der Waals surface area contributed by atoms with Crippen molar-refractivity contribution in [2.24, 2.45) is 0 Å². The van der Waals surface area contributed by atoms with Gasteiger partial charge in [-0.1, -0.05) is 18.2 Å². The summed E-state index contributed by atoms with van der Waals surface area (Å²) in [4.78, 5) is 17.9. The van der Waals surface area contributed by atoms with Gasteiger partial charge >= 0.3 is 0 Å². The molecule has 1 aromatic carbocycles. The molecule has 0 saturated carbocycles. The monoisotopic (exact) mass is 298 g/mol. The summed E-state index contributed by atoms with van der Waals surface area (Å²) in [6.45, 7) is 0.816. The number of nitrogens with zero attached hydrogens (tertiary/aromatic N) is 6. The first-order valence-corrected chi connectivity index (χ1v) is 7.29. The van der Waals surface area contributed by atoms with Gasteiger partial charge in [0, 0.05) is 40.9 Å². The van der Waals surface area contributed by atoms with Crippen LogP contribution in [0.4, 0.5) is 29.0 Å². The fraction of sp³-hybridized carbons (Fsp3) is 0.375. The molecule has 22 heavy (non-hydrogen) atoms. The molecule has 0 spiro atoms. The highest BCUT2D eigenvalue weighted by Crippen LogP contribution is 2.42. The molecular formula is C16H22N6. The first kappa shape index (κ1) is 14.4. The van der Waals surface area contributed by atoms with E-state index in [0.29, 0.717) is 0 Å². The average Bonchev–Trinajstić information content (AvgIpc) is 2.81. The van der Waals surface area contributed by atoms with Gasteiger partial charge in [0.2, 0.25) is 5.95 Å². The van der Waals surface area contributed by atoms with Crippen LogP contribution in [0, 0.1) is 0 Å². The maximum absolute atomic E-state index is 4.78. The first-order chi connectivity index (χ1) is 10.5. The Morgan fingerprint density at radius 1 is 0.955 bits per heavy atom. The average molecular weight is 298 g/mol. The molecule has 0 N–H and O–H groups in total. The summed E-state index contributed by atoms with van der Waals surface area (Å²) in [5, 5.41) is 0. The van der Waals surface area contributed by atoms with Crippen molar-refractivity contribution in [3.8, 4) is 0 Å². The highest BCUT2D eigenvalue weighted by Gasteiger charge is 2.29. The quantitative estimate of drug-likeness (QED) is 0.864. The summed E-state index contributed by atoms with van der Waals surface area (Å²) in [6.07, 6.45) is 0. The fourth-order valence-electron chi connectivity index (χ4n) is 2.69. The van der Waals surface area contributed by atoms with E-state index in [9.17, 15) is 0 Å². The van der Waals surface area contributed by atoms with Gasteiger partial charge in [0.15, 0.2) is 11.6 Å². The van der Waals surface area contributed by atoms with Crippen molar-refractivity contribution in [2.45, 2.75) is 0 Å². The van der Waals surface area contributed by atoms with E-state index in [0.717, 1.165) is 35.6 Å². The number of anilines is 5. The molecule has 0 radical (unpaired) electrons. The van der Waals surface area contributed by atoms with E-state index >= 15 is 0 Å². The Morgan fingerprint density at radius 2 is 1.64 bits per heavy atom. The minimum Gasteiger partial charge on any atom is -0.351 e. The van der Waals surface area contributed by atoms with Gasteiger partial charge in [0.25, 0.3) is 0 Å². The smallest absolute Gasteiger partial charge is 0.228 e. The van der Waals surface area contributed by atoms with E-state index in [2.05, 4.69) is 40.9 Å². The van der Waals surface area contributed by atoms with Crippen LogP contribution in [0.2, 0.25) is 0 Å². The summed E-state index contributed by atoms with van der Waals surface area (Å²) in [5.74, 6) is 2.62. The van der Waals surface area contributed by atoms with E-state index in [4.69, 9.17) is 9.97 Å². The lowest BCUT2D eigenvalue weighted by molar-refractivity contribution is 0.906. The van der Waals surface area contributed by atoms with Crippen LogP contribution in [0.1, 0.15) is 0 Å². The number of aromatic nitrogens is 2. The third-order valence-electron chi connectivity index (χ3n) is 3.86. The lowest BCUT2D eigenvalue weighted by Crippen LogP contribution is -2.24. The zero-order valence-corrected chi connectivity index (χ0v) is 13.8. The molecule has 0 unspecified atom stereocenters. The van der Waals surface area contributed by atoms with Crippen molar-refractivity contribution >= 4 is 29.0 Å². The van der Waals surface area contributed by atoms with Crippen LogP contribution in [-0.2, 0) is 0 Å². The van der Waals surface area contributed by atoms with Crippen molar-refractivity contribution in [1.29, 1.82) is 0 Å². The lowest BCUT2D eigenvalue weighted by Gasteiger charge is -2.24. The van der Waals surface area contributed by atoms with Crippen LogP contribution in [0.25, 0.3) is 0 Å². The van der Waals surface area contributed by atoms with Gasteiger partial charge in [-0.15, -0.1) is 0 Å². The second-order valence-corrected chi connectivity index (χ2v) is 5.85. The molecule has 0 amide bonds. The normalized spacial score (nSPS) is 13.3. The number of hydrogen-bond acceptors (Lipinski definition) is 6. The zero-order chi connectivity index (χ0) is 15.9. The molecule has 0 aliphatic carbocycles. The molecule has 0 bridgehead atoms. The second kappa shape index (κ2) is 5.36. The lowest BCUT2D eigenvalue weighted by atomic mass is 10.3. The molecule has 2 aromatic rings. The summed E-state index contributed by atoms with van der Waals surface area (Å²) in [6, 6.07) is 10.3. The van der Waals surface area contributed by atoms with Gasteiger partial charge in [0.05, 0.1) is 6.67 Å². The molecule has 2 heterocycles. The molecule has 1 aliphatic heterocycles. The Balaban J connectivity index is 2.16. The summed E-state index contributed by atoms with van der Waals surface area (Å²) in [7, 11) is 10.1. The van der Waals surface area contributed by atoms with Gasteiger partial charge < -0.3 is 19.6 Å². The van der Waals surface area contributed by atoms with Crippen molar-refractivity contribution in [3.63, 3.8) is 0 Å². The third-order valence-corrected chi connectivity index (χ3v) is 3.86. The molecule has 1 aromatic heterocycles. The Bertz CT molecular complexity index is 670. The number of fused-ring (bicyclic) bond motifs is 1. The maximum atomic E-state index is 4.78. The first-order valence-electron chi connectivity index (χ1n) is 7.29. The number of para-hydroxylation sites is 1. The van der Waals surface area contributed by atoms with Crippen LogP contribution >= 0.6 is 0 Å². The van der Waals surface area contributed by atoms with Crippen molar-refractivity contribution in [2.75, 3.05) is 61.5 Å². The minimum atomic E-state index is 0.721. The molecule has 116 valence electrons. The number of rotatable bonds is 3. The topological polar surface area (TPSA) is 38.7 Å². The van der Waals surface area contributed by atoms with Crippen molar-refractivity contribution in [3.05, 3.63) is 30.3 Å². The second-order valence-electron chi connectivity index (χ2n) is 5.85. The molecule has 0 fully saturated rings. The predicted octanol–water partition coefficient (Wildman–Crippen LogP) is 2.15. The van der Waals surface area contributed by atoms with E-state index in [1.165, 1.54) is 0 Å².